The Morgan fingerprint density at radius 1 is 1.43 bits per heavy atom. The van der Waals surface area contributed by atoms with E-state index >= 15 is 0 Å². The Bertz CT molecular complexity index is 517. The van der Waals surface area contributed by atoms with Gasteiger partial charge in [0.2, 0.25) is 0 Å². The summed E-state index contributed by atoms with van der Waals surface area (Å²) < 4.78 is 0. The molecule has 5 nitrogen and oxygen atoms in total. The summed E-state index contributed by atoms with van der Waals surface area (Å²) in [7, 11) is 1.82. The zero-order chi connectivity index (χ0) is 16.9. The van der Waals surface area contributed by atoms with Gasteiger partial charge in [0, 0.05) is 30.4 Å². The predicted molar refractivity (Wildman–Crippen MR) is 99.3 cm³/mol. The fourth-order valence-electron chi connectivity index (χ4n) is 2.87. The molecule has 1 atom stereocenters. The number of thiazole rings is 1. The number of nitrogens with zero attached hydrogens (tertiary/aromatic N) is 3. The summed E-state index contributed by atoms with van der Waals surface area (Å²) in [6.45, 7) is 12.9. The van der Waals surface area contributed by atoms with Crippen LogP contribution in [0.25, 0.3) is 0 Å². The predicted octanol–water partition coefficient (Wildman–Crippen LogP) is 2.59. The van der Waals surface area contributed by atoms with E-state index in [1.165, 1.54) is 19.4 Å². The molecule has 2 N–H and O–H groups in total. The highest BCUT2D eigenvalue weighted by Crippen LogP contribution is 2.23. The SMILES string of the molecule is CCN1CCCC1CNC(=NC)NCc1nc(C(C)(C)C)cs1. The molecule has 1 unspecified atom stereocenters. The van der Waals surface area contributed by atoms with E-state index in [0.717, 1.165) is 36.3 Å². The lowest BCUT2D eigenvalue weighted by Crippen LogP contribution is -2.44. The van der Waals surface area contributed by atoms with Crippen LogP contribution in [0.15, 0.2) is 10.4 Å². The average molecular weight is 338 g/mol. The van der Waals surface area contributed by atoms with Crippen molar-refractivity contribution in [2.75, 3.05) is 26.7 Å². The quantitative estimate of drug-likeness (QED) is 0.640. The van der Waals surface area contributed by atoms with Crippen LogP contribution in [0.1, 0.15) is 51.2 Å². The molecule has 0 aliphatic carbocycles. The third kappa shape index (κ3) is 5.18. The van der Waals surface area contributed by atoms with Crippen molar-refractivity contribution in [1.29, 1.82) is 0 Å². The maximum Gasteiger partial charge on any atom is 0.191 e. The Hall–Kier alpha value is -1.14. The van der Waals surface area contributed by atoms with Crippen LogP contribution in [0.4, 0.5) is 0 Å². The topological polar surface area (TPSA) is 52.5 Å². The van der Waals surface area contributed by atoms with Crippen molar-refractivity contribution in [3.05, 3.63) is 16.1 Å². The minimum atomic E-state index is 0.112. The highest BCUT2D eigenvalue weighted by Gasteiger charge is 2.22. The van der Waals surface area contributed by atoms with E-state index in [1.807, 2.05) is 7.05 Å². The molecule has 1 saturated heterocycles. The Kier molecular flexibility index (Phi) is 6.41. The second-order valence-electron chi connectivity index (χ2n) is 7.11. The van der Waals surface area contributed by atoms with Gasteiger partial charge in [0.05, 0.1) is 12.2 Å². The first-order valence-corrected chi connectivity index (χ1v) is 9.45. The smallest absolute Gasteiger partial charge is 0.191 e. The molecule has 0 saturated carbocycles. The van der Waals surface area contributed by atoms with Gasteiger partial charge in [-0.3, -0.25) is 9.89 Å². The first kappa shape index (κ1) is 18.2. The van der Waals surface area contributed by atoms with Gasteiger partial charge in [0.1, 0.15) is 5.01 Å². The van der Waals surface area contributed by atoms with E-state index in [2.05, 4.69) is 53.6 Å². The summed E-state index contributed by atoms with van der Waals surface area (Å²) in [6.07, 6.45) is 2.58. The highest BCUT2D eigenvalue weighted by atomic mass is 32.1. The fourth-order valence-corrected chi connectivity index (χ4v) is 3.83. The molecule has 0 bridgehead atoms. The van der Waals surface area contributed by atoms with Crippen molar-refractivity contribution in [3.63, 3.8) is 0 Å². The molecule has 23 heavy (non-hydrogen) atoms. The van der Waals surface area contributed by atoms with Crippen LogP contribution in [0.5, 0.6) is 0 Å². The van der Waals surface area contributed by atoms with Gasteiger partial charge in [-0.15, -0.1) is 11.3 Å². The molecule has 130 valence electrons. The third-order valence-electron chi connectivity index (χ3n) is 4.36. The maximum atomic E-state index is 4.72. The summed E-state index contributed by atoms with van der Waals surface area (Å²) in [5.41, 5.74) is 1.27. The summed E-state index contributed by atoms with van der Waals surface area (Å²) in [6, 6.07) is 0.630. The van der Waals surface area contributed by atoms with E-state index in [1.54, 1.807) is 11.3 Å². The number of rotatable bonds is 5. The van der Waals surface area contributed by atoms with E-state index in [-0.39, 0.29) is 5.41 Å². The first-order valence-electron chi connectivity index (χ1n) is 8.57. The summed E-state index contributed by atoms with van der Waals surface area (Å²) in [4.78, 5) is 11.6. The molecule has 1 aliphatic heterocycles. The zero-order valence-electron chi connectivity index (χ0n) is 15.1. The molecular weight excluding hydrogens is 306 g/mol. The number of likely N-dealkylation sites (tertiary alicyclic amines) is 1. The summed E-state index contributed by atoms with van der Waals surface area (Å²) in [5.74, 6) is 0.862. The first-order chi connectivity index (χ1) is 10.9. The van der Waals surface area contributed by atoms with Gasteiger partial charge in [0.15, 0.2) is 5.96 Å². The highest BCUT2D eigenvalue weighted by molar-refractivity contribution is 7.09. The fraction of sp³-hybridized carbons (Fsp3) is 0.765. The van der Waals surface area contributed by atoms with Gasteiger partial charge in [-0.2, -0.15) is 0 Å². The van der Waals surface area contributed by atoms with E-state index in [9.17, 15) is 0 Å². The van der Waals surface area contributed by atoms with E-state index in [4.69, 9.17) is 4.98 Å². The number of aromatic nitrogens is 1. The molecule has 2 rings (SSSR count). The van der Waals surface area contributed by atoms with Crippen LogP contribution in [0.2, 0.25) is 0 Å². The van der Waals surface area contributed by atoms with Crippen LogP contribution >= 0.6 is 11.3 Å². The zero-order valence-corrected chi connectivity index (χ0v) is 16.0. The third-order valence-corrected chi connectivity index (χ3v) is 5.21. The van der Waals surface area contributed by atoms with Gasteiger partial charge < -0.3 is 10.6 Å². The lowest BCUT2D eigenvalue weighted by atomic mass is 9.93. The number of likely N-dealkylation sites (N-methyl/N-ethyl adjacent to an activating group) is 1. The molecule has 1 fully saturated rings. The molecule has 0 aromatic carbocycles. The number of nitrogens with one attached hydrogen (secondary N) is 2. The molecular formula is C17H31N5S. The van der Waals surface area contributed by atoms with Crippen molar-refractivity contribution < 1.29 is 0 Å². The normalized spacial score (nSPS) is 20.0. The van der Waals surface area contributed by atoms with Gasteiger partial charge in [0.25, 0.3) is 0 Å². The average Bonchev–Trinajstić information content (AvgIpc) is 3.15. The monoisotopic (exact) mass is 337 g/mol. The van der Waals surface area contributed by atoms with Gasteiger partial charge in [-0.1, -0.05) is 27.7 Å². The minimum Gasteiger partial charge on any atom is -0.355 e. The van der Waals surface area contributed by atoms with Crippen LogP contribution in [0, 0.1) is 0 Å². The maximum absolute atomic E-state index is 4.72. The van der Waals surface area contributed by atoms with Crippen molar-refractivity contribution in [1.82, 2.24) is 20.5 Å². The van der Waals surface area contributed by atoms with Gasteiger partial charge in [-0.05, 0) is 25.9 Å². The van der Waals surface area contributed by atoms with Crippen molar-refractivity contribution in [2.24, 2.45) is 4.99 Å². The van der Waals surface area contributed by atoms with Crippen LogP contribution < -0.4 is 10.6 Å². The summed E-state index contributed by atoms with van der Waals surface area (Å²) >= 11 is 1.71. The molecule has 1 aliphatic rings. The van der Waals surface area contributed by atoms with Gasteiger partial charge in [-0.25, -0.2) is 4.98 Å². The second kappa shape index (κ2) is 8.11. The van der Waals surface area contributed by atoms with Gasteiger partial charge >= 0.3 is 0 Å². The standard InChI is InChI=1S/C17H31N5S/c1-6-22-9-7-8-13(22)10-19-16(18-5)20-11-15-21-14(12-23-15)17(2,3)4/h12-13H,6-11H2,1-5H3,(H2,18,19,20). The van der Waals surface area contributed by atoms with Crippen molar-refractivity contribution in [3.8, 4) is 0 Å². The largest absolute Gasteiger partial charge is 0.355 e. The molecule has 0 amide bonds. The van der Waals surface area contributed by atoms with Crippen molar-refractivity contribution in [2.45, 2.75) is 58.5 Å². The second-order valence-corrected chi connectivity index (χ2v) is 8.05. The molecule has 0 radical (unpaired) electrons. The Morgan fingerprint density at radius 2 is 2.22 bits per heavy atom. The van der Waals surface area contributed by atoms with Crippen molar-refractivity contribution >= 4 is 17.3 Å². The Morgan fingerprint density at radius 3 is 2.83 bits per heavy atom. The molecule has 0 spiro atoms. The minimum absolute atomic E-state index is 0.112. The summed E-state index contributed by atoms with van der Waals surface area (Å²) in [5, 5.41) is 10.1. The molecule has 2 heterocycles. The molecule has 6 heteroatoms. The van der Waals surface area contributed by atoms with Crippen LogP contribution in [-0.2, 0) is 12.0 Å². The number of hydrogen-bond donors (Lipinski definition) is 2. The van der Waals surface area contributed by atoms with E-state index in [0.29, 0.717) is 6.04 Å². The number of hydrogen-bond acceptors (Lipinski definition) is 4. The Labute approximate surface area is 144 Å². The molecule has 1 aromatic rings. The lowest BCUT2D eigenvalue weighted by molar-refractivity contribution is 0.267. The molecule has 1 aromatic heterocycles. The van der Waals surface area contributed by atoms with E-state index < -0.39 is 0 Å². The van der Waals surface area contributed by atoms with Crippen LogP contribution in [0.3, 0.4) is 0 Å². The Balaban J connectivity index is 1.80. The number of aliphatic imine (C=N–C) groups is 1. The number of guanidine groups is 1. The van der Waals surface area contributed by atoms with Crippen LogP contribution in [-0.4, -0.2) is 48.6 Å². The lowest BCUT2D eigenvalue weighted by Gasteiger charge is -2.23.